The van der Waals surface area contributed by atoms with Crippen molar-refractivity contribution in [1.29, 1.82) is 0 Å². The zero-order chi connectivity index (χ0) is 21.7. The Hall–Kier alpha value is -2.59. The second-order valence-electron chi connectivity index (χ2n) is 6.34. The minimum absolute atomic E-state index is 0. The van der Waals surface area contributed by atoms with Crippen LogP contribution in [0.15, 0.2) is 47.4 Å². The van der Waals surface area contributed by atoms with Crippen molar-refractivity contribution in [2.45, 2.75) is 12.5 Å². The topological polar surface area (TPSA) is 99.9 Å². The molecule has 0 aromatic heterocycles. The van der Waals surface area contributed by atoms with Crippen LogP contribution in [0.4, 0.5) is 0 Å². The molecule has 3 rings (SSSR count). The van der Waals surface area contributed by atoms with Crippen LogP contribution in [0.5, 0.6) is 17.2 Å². The van der Waals surface area contributed by atoms with E-state index in [1.165, 1.54) is 18.9 Å². The van der Waals surface area contributed by atoms with Gasteiger partial charge in [-0.05, 0) is 47.9 Å². The Balaban J connectivity index is 0.00000341. The highest BCUT2D eigenvalue weighted by Crippen LogP contribution is 2.34. The molecule has 1 aliphatic heterocycles. The monoisotopic (exact) mass is 480 g/mol. The smallest absolute Gasteiger partial charge is 0.322 e. The molecule has 10 heteroatoms. The molecule has 0 saturated carbocycles. The molecule has 0 aliphatic carbocycles. The lowest BCUT2D eigenvalue weighted by Gasteiger charge is -2.12. The Morgan fingerprint density at radius 1 is 1.19 bits per heavy atom. The molecule has 1 aliphatic rings. The first-order valence-corrected chi connectivity index (χ1v) is 10.1. The fraction of sp³-hybridized carbons (Fsp3) is 0.190. The largest absolute Gasteiger partial charge is 0.493 e. The highest BCUT2D eigenvalue weighted by Gasteiger charge is 2.22. The summed E-state index contributed by atoms with van der Waals surface area (Å²) in [7, 11) is 2.85. The number of hydrogen-bond acceptors (Lipinski definition) is 8. The number of thiocarbonyl (C=S) groups is 1. The van der Waals surface area contributed by atoms with Gasteiger partial charge in [0.25, 0.3) is 5.91 Å². The van der Waals surface area contributed by atoms with Gasteiger partial charge in [0.15, 0.2) is 11.5 Å². The maximum atomic E-state index is 11.8. The molecule has 0 unspecified atom stereocenters. The summed E-state index contributed by atoms with van der Waals surface area (Å²) < 4.78 is 16.4. The zero-order valence-electron chi connectivity index (χ0n) is 16.7. The summed E-state index contributed by atoms with van der Waals surface area (Å²) in [5, 5.41) is 2.58. The van der Waals surface area contributed by atoms with Crippen LogP contribution in [0.25, 0.3) is 6.08 Å². The third-order valence-corrected chi connectivity index (χ3v) is 5.40. The maximum Gasteiger partial charge on any atom is 0.322 e. The normalized spacial score (nSPS) is 15.1. The van der Waals surface area contributed by atoms with Gasteiger partial charge in [0.1, 0.15) is 16.1 Å². The lowest BCUT2D eigenvalue weighted by atomic mass is 10.1. The standard InChI is InChI=1S/C21H20N2O5S2.ClH/c1-26-17-10-13(11-18-19(24)23-21(29)30-18)5-8-16(17)28-14-6-3-12(4-7-14)9-15(22)20(25)27-2;/h3-8,10-11,15H,9,22H2,1-2H3,(H,23,24,29);1H/b18-11+;/t15-;/m0./s1. The van der Waals surface area contributed by atoms with Gasteiger partial charge in [0.2, 0.25) is 0 Å². The Labute approximate surface area is 195 Å². The molecule has 164 valence electrons. The number of nitrogens with one attached hydrogen (secondary N) is 1. The summed E-state index contributed by atoms with van der Waals surface area (Å²) in [5.74, 6) is 0.984. The van der Waals surface area contributed by atoms with Gasteiger partial charge in [-0.3, -0.25) is 9.59 Å². The van der Waals surface area contributed by atoms with E-state index in [2.05, 4.69) is 10.1 Å². The van der Waals surface area contributed by atoms with Crippen LogP contribution >= 0.6 is 36.4 Å². The van der Waals surface area contributed by atoms with E-state index in [9.17, 15) is 9.59 Å². The quantitative estimate of drug-likeness (QED) is 0.353. The number of carbonyl (C=O) groups excluding carboxylic acids is 2. The van der Waals surface area contributed by atoms with Crippen molar-refractivity contribution in [2.75, 3.05) is 14.2 Å². The third kappa shape index (κ3) is 6.44. The molecule has 1 heterocycles. The predicted molar refractivity (Wildman–Crippen MR) is 127 cm³/mol. The summed E-state index contributed by atoms with van der Waals surface area (Å²) in [6, 6.07) is 11.9. The molecule has 7 nitrogen and oxygen atoms in total. The highest BCUT2D eigenvalue weighted by molar-refractivity contribution is 8.26. The summed E-state index contributed by atoms with van der Waals surface area (Å²) in [4.78, 5) is 23.8. The number of carbonyl (C=O) groups is 2. The first kappa shape index (κ1) is 24.7. The predicted octanol–water partition coefficient (Wildman–Crippen LogP) is 3.44. The fourth-order valence-corrected chi connectivity index (χ4v) is 3.78. The van der Waals surface area contributed by atoms with Gasteiger partial charge in [-0.2, -0.15) is 0 Å². The number of amides is 1. The Morgan fingerprint density at radius 3 is 2.48 bits per heavy atom. The Morgan fingerprint density at radius 2 is 1.90 bits per heavy atom. The Bertz CT molecular complexity index is 1010. The number of benzene rings is 2. The molecule has 1 amide bonds. The molecule has 31 heavy (non-hydrogen) atoms. The van der Waals surface area contributed by atoms with E-state index < -0.39 is 12.0 Å². The van der Waals surface area contributed by atoms with Crippen LogP contribution in [0, 0.1) is 0 Å². The minimum atomic E-state index is -0.710. The molecular weight excluding hydrogens is 460 g/mol. The number of hydrogen-bond donors (Lipinski definition) is 2. The summed E-state index contributed by atoms with van der Waals surface area (Å²) in [6.45, 7) is 0. The van der Waals surface area contributed by atoms with Crippen molar-refractivity contribution >= 4 is 58.7 Å². The summed E-state index contributed by atoms with van der Waals surface area (Å²) in [5.41, 5.74) is 7.46. The molecule has 0 radical (unpaired) electrons. The van der Waals surface area contributed by atoms with Crippen molar-refractivity contribution < 1.29 is 23.8 Å². The molecule has 1 fully saturated rings. The van der Waals surface area contributed by atoms with Gasteiger partial charge in [-0.15, -0.1) is 12.4 Å². The lowest BCUT2D eigenvalue weighted by Crippen LogP contribution is -2.33. The van der Waals surface area contributed by atoms with E-state index in [1.807, 2.05) is 18.2 Å². The number of nitrogens with two attached hydrogens (primary N) is 1. The molecule has 0 spiro atoms. The van der Waals surface area contributed by atoms with Crippen LogP contribution in [0.1, 0.15) is 11.1 Å². The second-order valence-corrected chi connectivity index (χ2v) is 8.06. The second kappa shape index (κ2) is 11.1. The van der Waals surface area contributed by atoms with Crippen molar-refractivity contribution in [1.82, 2.24) is 5.32 Å². The Kier molecular flexibility index (Phi) is 8.88. The maximum absolute atomic E-state index is 11.8. The SMILES string of the molecule is COC(=O)[C@@H](N)Cc1ccc(Oc2ccc(/C=C3/SC(=S)NC3=O)cc2OC)cc1.Cl. The first-order valence-electron chi connectivity index (χ1n) is 8.92. The molecule has 2 aromatic carbocycles. The summed E-state index contributed by atoms with van der Waals surface area (Å²) >= 11 is 6.22. The van der Waals surface area contributed by atoms with Gasteiger partial charge >= 0.3 is 5.97 Å². The highest BCUT2D eigenvalue weighted by atomic mass is 35.5. The number of methoxy groups -OCH3 is 2. The van der Waals surface area contributed by atoms with Crippen molar-refractivity contribution in [3.63, 3.8) is 0 Å². The van der Waals surface area contributed by atoms with E-state index in [1.54, 1.807) is 37.5 Å². The van der Waals surface area contributed by atoms with E-state index in [0.29, 0.717) is 32.9 Å². The van der Waals surface area contributed by atoms with Crippen molar-refractivity contribution in [2.24, 2.45) is 5.73 Å². The van der Waals surface area contributed by atoms with Crippen LogP contribution in [-0.2, 0) is 20.7 Å². The van der Waals surface area contributed by atoms with Crippen LogP contribution in [0.3, 0.4) is 0 Å². The fourth-order valence-electron chi connectivity index (χ4n) is 2.74. The van der Waals surface area contributed by atoms with Gasteiger partial charge in [0, 0.05) is 0 Å². The lowest BCUT2D eigenvalue weighted by molar-refractivity contribution is -0.142. The number of halogens is 1. The molecule has 2 aromatic rings. The van der Waals surface area contributed by atoms with E-state index in [0.717, 1.165) is 11.1 Å². The van der Waals surface area contributed by atoms with Gasteiger partial charge in [0.05, 0.1) is 19.1 Å². The van der Waals surface area contributed by atoms with Crippen molar-refractivity contribution in [3.05, 3.63) is 58.5 Å². The molecular formula is C21H21ClN2O5S2. The molecule has 1 saturated heterocycles. The first-order chi connectivity index (χ1) is 14.4. The van der Waals surface area contributed by atoms with Gasteiger partial charge in [-0.1, -0.05) is 42.2 Å². The third-order valence-electron chi connectivity index (χ3n) is 4.24. The van der Waals surface area contributed by atoms with Gasteiger partial charge < -0.3 is 25.3 Å². The van der Waals surface area contributed by atoms with Gasteiger partial charge in [-0.25, -0.2) is 0 Å². The number of rotatable bonds is 7. The van der Waals surface area contributed by atoms with E-state index in [4.69, 9.17) is 27.4 Å². The number of esters is 1. The average Bonchev–Trinajstić information content (AvgIpc) is 3.06. The van der Waals surface area contributed by atoms with E-state index >= 15 is 0 Å². The van der Waals surface area contributed by atoms with E-state index in [-0.39, 0.29) is 18.3 Å². The molecule has 3 N–H and O–H groups in total. The average molecular weight is 481 g/mol. The van der Waals surface area contributed by atoms with Crippen molar-refractivity contribution in [3.8, 4) is 17.2 Å². The molecule has 0 bridgehead atoms. The minimum Gasteiger partial charge on any atom is -0.493 e. The van der Waals surface area contributed by atoms with Crippen LogP contribution < -0.4 is 20.5 Å². The number of thioether (sulfide) groups is 1. The van der Waals surface area contributed by atoms with Crippen LogP contribution in [0.2, 0.25) is 0 Å². The molecule has 1 atom stereocenters. The van der Waals surface area contributed by atoms with Crippen LogP contribution in [-0.4, -0.2) is 36.5 Å². The zero-order valence-corrected chi connectivity index (χ0v) is 19.2. The summed E-state index contributed by atoms with van der Waals surface area (Å²) in [6.07, 6.45) is 2.11. The number of ether oxygens (including phenoxy) is 3.